The number of nitrogens with two attached hydrogens (primary N) is 1. The van der Waals surface area contributed by atoms with Crippen molar-refractivity contribution in [2.75, 3.05) is 19.7 Å². The van der Waals surface area contributed by atoms with Gasteiger partial charge in [0.2, 0.25) is 0 Å². The second kappa shape index (κ2) is 11.5. The van der Waals surface area contributed by atoms with Crippen LogP contribution < -0.4 is 10.5 Å². The third-order valence-electron chi connectivity index (χ3n) is 5.98. The molecule has 184 valence electrons. The van der Waals surface area contributed by atoms with Crippen molar-refractivity contribution in [2.45, 2.75) is 32.4 Å². The third-order valence-corrected chi connectivity index (χ3v) is 5.98. The van der Waals surface area contributed by atoms with Gasteiger partial charge < -0.3 is 10.5 Å². The molecule has 0 aliphatic carbocycles. The maximum atomic E-state index is 14.2. The number of halogens is 4. The van der Waals surface area contributed by atoms with E-state index in [1.165, 1.54) is 11.6 Å². The molecule has 11 heteroatoms. The van der Waals surface area contributed by atoms with Gasteiger partial charge in [-0.2, -0.15) is 0 Å². The number of rotatable bonds is 5. The molecular weight excluding hydrogens is 502 g/mol. The van der Waals surface area contributed by atoms with Crippen LogP contribution in [-0.4, -0.2) is 50.2 Å². The summed E-state index contributed by atoms with van der Waals surface area (Å²) in [4.78, 5) is 7.11. The van der Waals surface area contributed by atoms with Crippen molar-refractivity contribution < 1.29 is 9.13 Å². The van der Waals surface area contributed by atoms with Crippen molar-refractivity contribution in [3.63, 3.8) is 0 Å². The van der Waals surface area contributed by atoms with E-state index >= 15 is 0 Å². The van der Waals surface area contributed by atoms with E-state index in [9.17, 15) is 4.39 Å². The Morgan fingerprint density at radius 2 is 1.94 bits per heavy atom. The Morgan fingerprint density at radius 3 is 2.65 bits per heavy atom. The highest BCUT2D eigenvalue weighted by molar-refractivity contribution is 5.86. The van der Waals surface area contributed by atoms with E-state index in [1.54, 1.807) is 6.07 Å². The topological polar surface area (TPSA) is 81.6 Å². The zero-order chi connectivity index (χ0) is 21.5. The first-order chi connectivity index (χ1) is 15.0. The standard InChI is InChI=1S/C23H25FN6O.3ClH/c1-3-31-21-11-20-15(10-18(21)24)4-6-19(26-20)23-28-27-22-7-5-16(12-30(22)23)14(2)29-9-8-17(25)13-29;;;/h4-7,10-12,14,17H,3,8-9,13,25H2,1-2H3;3*1H/t14-,17?;;;/m1.../s1. The molecule has 2 atom stereocenters. The zero-order valence-electron chi connectivity index (χ0n) is 18.8. The van der Waals surface area contributed by atoms with E-state index < -0.39 is 5.82 Å². The van der Waals surface area contributed by atoms with Crippen LogP contribution in [0, 0.1) is 5.82 Å². The summed E-state index contributed by atoms with van der Waals surface area (Å²) in [5.74, 6) is 0.453. The average molecular weight is 530 g/mol. The second-order valence-corrected chi connectivity index (χ2v) is 8.04. The molecule has 4 heterocycles. The van der Waals surface area contributed by atoms with E-state index in [-0.39, 0.29) is 55.1 Å². The lowest BCUT2D eigenvalue weighted by molar-refractivity contribution is 0.259. The molecule has 0 saturated carbocycles. The van der Waals surface area contributed by atoms with Crippen LogP contribution in [0.4, 0.5) is 4.39 Å². The van der Waals surface area contributed by atoms with Crippen LogP contribution in [-0.2, 0) is 0 Å². The molecular formula is C23H28Cl3FN6O. The van der Waals surface area contributed by atoms with Gasteiger partial charge in [-0.15, -0.1) is 47.4 Å². The van der Waals surface area contributed by atoms with Crippen molar-refractivity contribution in [2.24, 2.45) is 5.73 Å². The van der Waals surface area contributed by atoms with E-state index in [1.807, 2.05) is 29.5 Å². The monoisotopic (exact) mass is 528 g/mol. The molecule has 5 rings (SSSR count). The summed E-state index contributed by atoms with van der Waals surface area (Å²) < 4.78 is 21.5. The summed E-state index contributed by atoms with van der Waals surface area (Å²) in [6.07, 6.45) is 3.09. The predicted octanol–water partition coefficient (Wildman–Crippen LogP) is 4.84. The van der Waals surface area contributed by atoms with Crippen LogP contribution >= 0.6 is 37.2 Å². The lowest BCUT2D eigenvalue weighted by atomic mass is 10.1. The van der Waals surface area contributed by atoms with Crippen molar-refractivity contribution in [3.05, 3.63) is 54.0 Å². The molecule has 1 saturated heterocycles. The lowest BCUT2D eigenvalue weighted by Crippen LogP contribution is -2.28. The summed E-state index contributed by atoms with van der Waals surface area (Å²) in [7, 11) is 0. The first-order valence-electron chi connectivity index (χ1n) is 10.6. The van der Waals surface area contributed by atoms with Crippen molar-refractivity contribution in [1.82, 2.24) is 24.5 Å². The minimum absolute atomic E-state index is 0. The second-order valence-electron chi connectivity index (χ2n) is 8.04. The number of nitrogens with zero attached hydrogens (tertiary/aromatic N) is 5. The van der Waals surface area contributed by atoms with Crippen LogP contribution in [0.2, 0.25) is 0 Å². The minimum atomic E-state index is -0.392. The van der Waals surface area contributed by atoms with Gasteiger partial charge in [0, 0.05) is 42.8 Å². The smallest absolute Gasteiger partial charge is 0.187 e. The fraction of sp³-hybridized carbons (Fsp3) is 0.348. The van der Waals surface area contributed by atoms with Gasteiger partial charge in [-0.25, -0.2) is 9.37 Å². The van der Waals surface area contributed by atoms with Gasteiger partial charge in [0.15, 0.2) is 23.0 Å². The highest BCUT2D eigenvalue weighted by Gasteiger charge is 2.25. The highest BCUT2D eigenvalue weighted by Crippen LogP contribution is 2.28. The molecule has 0 bridgehead atoms. The molecule has 1 aromatic carbocycles. The molecule has 0 spiro atoms. The number of benzene rings is 1. The molecule has 0 radical (unpaired) electrons. The molecule has 1 aliphatic heterocycles. The van der Waals surface area contributed by atoms with Gasteiger partial charge in [-0.1, -0.05) is 12.1 Å². The van der Waals surface area contributed by atoms with Gasteiger partial charge in [0.25, 0.3) is 0 Å². The number of fused-ring (bicyclic) bond motifs is 2. The SMILES string of the molecule is CCOc1cc2nc(-c3nnc4ccc([C@@H](C)N5CCC(N)C5)cn34)ccc2cc1F.Cl.Cl.Cl. The molecule has 2 N–H and O–H groups in total. The van der Waals surface area contributed by atoms with Gasteiger partial charge in [0.1, 0.15) is 5.69 Å². The van der Waals surface area contributed by atoms with Crippen LogP contribution in [0.5, 0.6) is 5.75 Å². The van der Waals surface area contributed by atoms with Crippen LogP contribution in [0.15, 0.2) is 42.6 Å². The zero-order valence-corrected chi connectivity index (χ0v) is 21.3. The van der Waals surface area contributed by atoms with E-state index in [4.69, 9.17) is 15.5 Å². The molecule has 0 amide bonds. The number of hydrogen-bond acceptors (Lipinski definition) is 6. The van der Waals surface area contributed by atoms with E-state index in [2.05, 4.69) is 34.3 Å². The minimum Gasteiger partial charge on any atom is -0.491 e. The Balaban J connectivity index is 0.00000136. The molecule has 4 aromatic rings. The Bertz CT molecular complexity index is 1270. The summed E-state index contributed by atoms with van der Waals surface area (Å²) in [5.41, 5.74) is 9.33. The lowest BCUT2D eigenvalue weighted by Gasteiger charge is -2.24. The van der Waals surface area contributed by atoms with Crippen LogP contribution in [0.25, 0.3) is 28.1 Å². The van der Waals surface area contributed by atoms with Crippen LogP contribution in [0.1, 0.15) is 31.9 Å². The first-order valence-corrected chi connectivity index (χ1v) is 10.6. The molecule has 1 unspecified atom stereocenters. The number of aromatic nitrogens is 4. The maximum Gasteiger partial charge on any atom is 0.187 e. The Kier molecular flexibility index (Phi) is 9.45. The molecule has 7 nitrogen and oxygen atoms in total. The average Bonchev–Trinajstić information content (AvgIpc) is 3.39. The van der Waals surface area contributed by atoms with Crippen LogP contribution in [0.3, 0.4) is 0 Å². The fourth-order valence-electron chi connectivity index (χ4n) is 4.22. The number of ether oxygens (including phenoxy) is 1. The van der Waals surface area contributed by atoms with Crippen molar-refractivity contribution in [3.8, 4) is 17.3 Å². The number of likely N-dealkylation sites (tertiary alicyclic amines) is 1. The normalized spacial score (nSPS) is 16.5. The molecule has 3 aromatic heterocycles. The fourth-order valence-corrected chi connectivity index (χ4v) is 4.22. The van der Waals surface area contributed by atoms with Crippen molar-refractivity contribution in [1.29, 1.82) is 0 Å². The summed E-state index contributed by atoms with van der Waals surface area (Å²) in [6.45, 7) is 6.31. The molecule has 1 aliphatic rings. The highest BCUT2D eigenvalue weighted by atomic mass is 35.5. The third kappa shape index (κ3) is 5.21. The Labute approximate surface area is 216 Å². The quantitative estimate of drug-likeness (QED) is 0.398. The molecule has 1 fully saturated rings. The van der Waals surface area contributed by atoms with E-state index in [0.29, 0.717) is 29.0 Å². The van der Waals surface area contributed by atoms with E-state index in [0.717, 1.165) is 25.2 Å². The van der Waals surface area contributed by atoms with Crippen molar-refractivity contribution >= 4 is 53.8 Å². The Morgan fingerprint density at radius 1 is 1.15 bits per heavy atom. The van der Waals surface area contributed by atoms with Gasteiger partial charge in [-0.3, -0.25) is 9.30 Å². The maximum absolute atomic E-state index is 14.2. The number of hydrogen-bond donors (Lipinski definition) is 1. The van der Waals surface area contributed by atoms with Gasteiger partial charge >= 0.3 is 0 Å². The first kappa shape index (κ1) is 28.0. The van der Waals surface area contributed by atoms with Gasteiger partial charge in [-0.05, 0) is 44.0 Å². The Hall–Kier alpha value is -2.23. The summed E-state index contributed by atoms with van der Waals surface area (Å²) in [5, 5.41) is 9.38. The predicted molar refractivity (Wildman–Crippen MR) is 139 cm³/mol. The number of pyridine rings is 2. The summed E-state index contributed by atoms with van der Waals surface area (Å²) >= 11 is 0. The largest absolute Gasteiger partial charge is 0.491 e. The summed E-state index contributed by atoms with van der Waals surface area (Å²) in [6, 6.07) is 11.3. The molecule has 34 heavy (non-hydrogen) atoms. The van der Waals surface area contributed by atoms with Gasteiger partial charge in [0.05, 0.1) is 12.1 Å².